The molecule has 0 bridgehead atoms. The minimum absolute atomic E-state index is 0.246. The predicted molar refractivity (Wildman–Crippen MR) is 117 cm³/mol. The number of para-hydroxylation sites is 1. The maximum Gasteiger partial charge on any atom is 0.262 e. The van der Waals surface area contributed by atoms with E-state index >= 15 is 0 Å². The lowest BCUT2D eigenvalue weighted by Gasteiger charge is -2.19. The molecule has 1 aliphatic rings. The topological polar surface area (TPSA) is 86.3 Å². The van der Waals surface area contributed by atoms with Crippen LogP contribution >= 0.6 is 0 Å². The van der Waals surface area contributed by atoms with Gasteiger partial charge in [-0.1, -0.05) is 12.1 Å². The third kappa shape index (κ3) is 4.84. The first-order chi connectivity index (χ1) is 14.6. The molecule has 0 saturated heterocycles. The summed E-state index contributed by atoms with van der Waals surface area (Å²) in [5, 5.41) is 2.74. The normalized spacial score (nSPS) is 13.6. The van der Waals surface area contributed by atoms with Gasteiger partial charge in [0, 0.05) is 32.1 Å². The number of hydrogen-bond donors (Lipinski definition) is 1. The molecule has 31 heavy (non-hydrogen) atoms. The van der Waals surface area contributed by atoms with Crippen LogP contribution in [0.25, 0.3) is 0 Å². The number of hydrogen-bond acceptors (Lipinski definition) is 6. The summed E-state index contributed by atoms with van der Waals surface area (Å²) >= 11 is 0. The third-order valence-corrected chi connectivity index (χ3v) is 4.85. The van der Waals surface area contributed by atoms with E-state index in [1.165, 1.54) is 25.2 Å². The van der Waals surface area contributed by atoms with Crippen LogP contribution < -0.4 is 24.3 Å². The fraction of sp³-hybridized carbons (Fsp3) is 0.391. The standard InChI is InChI=1S/C23H28N2O6/c1-23(2)12-14-8-7-9-17(21(14)31-23)30-13-20(26)24-16-11-19(29-6)18(28-5)10-15(16)22(27)25(3)4/h7-11H,12-13H2,1-6H3,(H,24,26). The van der Waals surface area contributed by atoms with Gasteiger partial charge in [-0.25, -0.2) is 0 Å². The lowest BCUT2D eigenvalue weighted by Crippen LogP contribution is -2.26. The Hall–Kier alpha value is -3.42. The zero-order valence-corrected chi connectivity index (χ0v) is 18.7. The highest BCUT2D eigenvalue weighted by molar-refractivity contribution is 6.04. The molecule has 3 rings (SSSR count). The zero-order valence-electron chi connectivity index (χ0n) is 18.7. The Balaban J connectivity index is 1.78. The van der Waals surface area contributed by atoms with Crippen LogP contribution in [0.5, 0.6) is 23.0 Å². The minimum atomic E-state index is -0.421. The molecule has 8 heteroatoms. The number of nitrogens with one attached hydrogen (secondary N) is 1. The minimum Gasteiger partial charge on any atom is -0.493 e. The summed E-state index contributed by atoms with van der Waals surface area (Å²) in [6, 6.07) is 8.72. The summed E-state index contributed by atoms with van der Waals surface area (Å²) in [5.41, 5.74) is 1.31. The number of anilines is 1. The number of nitrogens with zero attached hydrogens (tertiary/aromatic N) is 1. The van der Waals surface area contributed by atoms with Crippen LogP contribution in [0.2, 0.25) is 0 Å². The molecule has 2 aromatic carbocycles. The molecule has 0 fully saturated rings. The molecular formula is C23H28N2O6. The van der Waals surface area contributed by atoms with Crippen molar-refractivity contribution in [2.45, 2.75) is 25.9 Å². The Morgan fingerprint density at radius 3 is 2.42 bits per heavy atom. The van der Waals surface area contributed by atoms with Crippen molar-refractivity contribution in [3.63, 3.8) is 0 Å². The second-order valence-electron chi connectivity index (χ2n) is 8.07. The number of carbonyl (C=O) groups is 2. The van der Waals surface area contributed by atoms with E-state index in [0.717, 1.165) is 12.0 Å². The van der Waals surface area contributed by atoms with E-state index in [9.17, 15) is 9.59 Å². The summed E-state index contributed by atoms with van der Waals surface area (Å²) in [6.45, 7) is 3.76. The van der Waals surface area contributed by atoms with Crippen LogP contribution in [-0.2, 0) is 11.2 Å². The second-order valence-corrected chi connectivity index (χ2v) is 8.07. The second kappa shape index (κ2) is 8.75. The molecule has 2 amide bonds. The highest BCUT2D eigenvalue weighted by Gasteiger charge is 2.32. The van der Waals surface area contributed by atoms with Crippen molar-refractivity contribution in [2.75, 3.05) is 40.2 Å². The number of amides is 2. The van der Waals surface area contributed by atoms with Gasteiger partial charge in [-0.05, 0) is 26.0 Å². The van der Waals surface area contributed by atoms with Crippen molar-refractivity contribution in [2.24, 2.45) is 0 Å². The Bertz CT molecular complexity index is 1000. The Labute approximate surface area is 182 Å². The Morgan fingerprint density at radius 1 is 1.10 bits per heavy atom. The highest BCUT2D eigenvalue weighted by Crippen LogP contribution is 2.41. The van der Waals surface area contributed by atoms with Crippen molar-refractivity contribution in [3.8, 4) is 23.0 Å². The van der Waals surface area contributed by atoms with Crippen LogP contribution in [0.4, 0.5) is 5.69 Å². The van der Waals surface area contributed by atoms with Crippen molar-refractivity contribution >= 4 is 17.5 Å². The molecule has 0 atom stereocenters. The molecule has 2 aromatic rings. The molecule has 1 N–H and O–H groups in total. The molecule has 0 aliphatic carbocycles. The van der Waals surface area contributed by atoms with Gasteiger partial charge in [0.15, 0.2) is 29.6 Å². The summed E-state index contributed by atoms with van der Waals surface area (Å²) in [4.78, 5) is 26.7. The molecule has 0 aromatic heterocycles. The van der Waals surface area contributed by atoms with Crippen molar-refractivity contribution < 1.29 is 28.5 Å². The average molecular weight is 428 g/mol. The fourth-order valence-electron chi connectivity index (χ4n) is 3.43. The number of ether oxygens (including phenoxy) is 4. The summed E-state index contributed by atoms with van der Waals surface area (Å²) in [7, 11) is 6.23. The fourth-order valence-corrected chi connectivity index (χ4v) is 3.43. The van der Waals surface area contributed by atoms with Gasteiger partial charge in [-0.2, -0.15) is 0 Å². The first kappa shape index (κ1) is 22.3. The van der Waals surface area contributed by atoms with Crippen molar-refractivity contribution in [3.05, 3.63) is 41.5 Å². The van der Waals surface area contributed by atoms with E-state index in [1.807, 2.05) is 26.0 Å². The molecule has 0 spiro atoms. The van der Waals surface area contributed by atoms with E-state index in [4.69, 9.17) is 18.9 Å². The van der Waals surface area contributed by atoms with Gasteiger partial charge in [-0.15, -0.1) is 0 Å². The maximum absolute atomic E-state index is 12.6. The van der Waals surface area contributed by atoms with Crippen molar-refractivity contribution in [1.29, 1.82) is 0 Å². The quantitative estimate of drug-likeness (QED) is 0.729. The first-order valence-corrected chi connectivity index (χ1v) is 9.86. The van der Waals surface area contributed by atoms with Gasteiger partial charge >= 0.3 is 0 Å². The monoisotopic (exact) mass is 428 g/mol. The first-order valence-electron chi connectivity index (χ1n) is 9.86. The lowest BCUT2D eigenvalue weighted by atomic mass is 10.0. The van der Waals surface area contributed by atoms with E-state index < -0.39 is 5.91 Å². The molecule has 1 heterocycles. The number of carbonyl (C=O) groups excluding carboxylic acids is 2. The maximum atomic E-state index is 12.6. The predicted octanol–water partition coefficient (Wildman–Crippen LogP) is 3.14. The van der Waals surface area contributed by atoms with Crippen LogP contribution in [0.3, 0.4) is 0 Å². The average Bonchev–Trinajstić information content (AvgIpc) is 3.05. The van der Waals surface area contributed by atoms with Gasteiger partial charge in [0.25, 0.3) is 11.8 Å². The summed E-state index contributed by atoms with van der Waals surface area (Å²) < 4.78 is 22.3. The summed E-state index contributed by atoms with van der Waals surface area (Å²) in [6.07, 6.45) is 0.771. The van der Waals surface area contributed by atoms with Gasteiger partial charge in [0.2, 0.25) is 0 Å². The van der Waals surface area contributed by atoms with E-state index in [-0.39, 0.29) is 23.7 Å². The zero-order chi connectivity index (χ0) is 22.8. The lowest BCUT2D eigenvalue weighted by molar-refractivity contribution is -0.118. The van der Waals surface area contributed by atoms with E-state index in [2.05, 4.69) is 5.32 Å². The van der Waals surface area contributed by atoms with Gasteiger partial charge in [-0.3, -0.25) is 9.59 Å². The smallest absolute Gasteiger partial charge is 0.262 e. The Morgan fingerprint density at radius 2 is 1.77 bits per heavy atom. The molecular weight excluding hydrogens is 400 g/mol. The van der Waals surface area contributed by atoms with Gasteiger partial charge in [0.05, 0.1) is 25.5 Å². The highest BCUT2D eigenvalue weighted by atomic mass is 16.5. The molecule has 0 radical (unpaired) electrons. The van der Waals surface area contributed by atoms with Crippen molar-refractivity contribution in [1.82, 2.24) is 4.90 Å². The van der Waals surface area contributed by atoms with Gasteiger partial charge < -0.3 is 29.2 Å². The molecule has 166 valence electrons. The van der Waals surface area contributed by atoms with Crippen LogP contribution in [0.15, 0.2) is 30.3 Å². The molecule has 1 aliphatic heterocycles. The van der Waals surface area contributed by atoms with Crippen LogP contribution in [-0.4, -0.2) is 57.2 Å². The summed E-state index contributed by atoms with van der Waals surface area (Å²) in [5.74, 6) is 1.25. The number of rotatable bonds is 7. The third-order valence-electron chi connectivity index (χ3n) is 4.85. The number of methoxy groups -OCH3 is 2. The Kier molecular flexibility index (Phi) is 6.29. The number of benzene rings is 2. The van der Waals surface area contributed by atoms with E-state index in [0.29, 0.717) is 28.7 Å². The van der Waals surface area contributed by atoms with Crippen LogP contribution in [0, 0.1) is 0 Å². The SMILES string of the molecule is COc1cc(NC(=O)COc2cccc3c2OC(C)(C)C3)c(C(=O)N(C)C)cc1OC. The number of fused-ring (bicyclic) bond motifs is 1. The van der Waals surface area contributed by atoms with E-state index in [1.54, 1.807) is 26.2 Å². The molecule has 0 saturated carbocycles. The van der Waals surface area contributed by atoms with Crippen LogP contribution in [0.1, 0.15) is 29.8 Å². The largest absolute Gasteiger partial charge is 0.493 e. The molecule has 8 nitrogen and oxygen atoms in total. The molecule has 0 unspecified atom stereocenters. The van der Waals surface area contributed by atoms with Gasteiger partial charge in [0.1, 0.15) is 5.60 Å².